The van der Waals surface area contributed by atoms with Crippen molar-refractivity contribution in [2.75, 3.05) is 26.2 Å². The Morgan fingerprint density at radius 2 is 0.652 bits per heavy atom. The van der Waals surface area contributed by atoms with Crippen molar-refractivity contribution in [3.63, 3.8) is 0 Å². The first kappa shape index (κ1) is 44.1. The fourth-order valence-corrected chi connectivity index (χ4v) is 6.60. The molecule has 3 N–H and O–H groups in total. The summed E-state index contributed by atoms with van der Waals surface area (Å²) in [4.78, 5) is 33.1. The monoisotopic (exact) mass is 653 g/mol. The third-order valence-corrected chi connectivity index (χ3v) is 9.44. The van der Waals surface area contributed by atoms with Crippen molar-refractivity contribution in [1.29, 1.82) is 0 Å². The second-order valence-electron chi connectivity index (χ2n) is 13.8. The molecule has 0 spiro atoms. The summed E-state index contributed by atoms with van der Waals surface area (Å²) in [6.07, 6.45) is 36.2. The van der Waals surface area contributed by atoms with Gasteiger partial charge in [-0.3, -0.25) is 14.4 Å². The van der Waals surface area contributed by atoms with Crippen LogP contribution in [0.25, 0.3) is 0 Å². The Balaban J connectivity index is 4.13. The van der Waals surface area contributed by atoms with Crippen LogP contribution in [0.15, 0.2) is 12.2 Å². The zero-order chi connectivity index (χ0) is 34.0. The standard InChI is InChI=1S/C39H73NO6/c1-2-3-4-5-6-7-8-9-10-11-12-13-14-15-16-17-18-19-20-21-22-26-33-40(34-27-23-30-37(41)42,35-28-24-31-38(43)44)36-29-25-32-39(45)46/h4-5H,2-3,6-36H2,1H3,(H2-,41,42,43,44,45,46)/p+1/b5-4+. The van der Waals surface area contributed by atoms with E-state index < -0.39 is 17.9 Å². The van der Waals surface area contributed by atoms with Gasteiger partial charge in [-0.2, -0.15) is 0 Å². The number of allylic oxidation sites excluding steroid dienone is 2. The lowest BCUT2D eigenvalue weighted by Gasteiger charge is -2.39. The minimum Gasteiger partial charge on any atom is -0.481 e. The third-order valence-electron chi connectivity index (χ3n) is 9.44. The molecule has 270 valence electrons. The number of carbonyl (C=O) groups is 3. The summed E-state index contributed by atoms with van der Waals surface area (Å²) in [7, 11) is 0. The second-order valence-corrected chi connectivity index (χ2v) is 13.8. The summed E-state index contributed by atoms with van der Waals surface area (Å²) in [5.74, 6) is -2.29. The molecule has 0 rings (SSSR count). The lowest BCUT2D eigenvalue weighted by molar-refractivity contribution is -0.929. The van der Waals surface area contributed by atoms with Gasteiger partial charge < -0.3 is 19.8 Å². The number of rotatable bonds is 37. The predicted molar refractivity (Wildman–Crippen MR) is 191 cm³/mol. The van der Waals surface area contributed by atoms with Crippen LogP contribution in [0, 0.1) is 0 Å². The van der Waals surface area contributed by atoms with Crippen molar-refractivity contribution < 1.29 is 34.2 Å². The zero-order valence-electron chi connectivity index (χ0n) is 30.0. The average Bonchev–Trinajstić information content (AvgIpc) is 3.02. The van der Waals surface area contributed by atoms with Gasteiger partial charge in [0.25, 0.3) is 0 Å². The van der Waals surface area contributed by atoms with E-state index in [1.54, 1.807) is 0 Å². The normalized spacial score (nSPS) is 11.8. The Morgan fingerprint density at radius 1 is 0.391 bits per heavy atom. The molecule has 0 aliphatic heterocycles. The Morgan fingerprint density at radius 3 is 0.957 bits per heavy atom. The van der Waals surface area contributed by atoms with E-state index >= 15 is 0 Å². The Kier molecular flexibility index (Phi) is 31.7. The van der Waals surface area contributed by atoms with Gasteiger partial charge in [-0.15, -0.1) is 0 Å². The van der Waals surface area contributed by atoms with Crippen LogP contribution in [0.5, 0.6) is 0 Å². The molecule has 0 atom stereocenters. The number of hydrogen-bond donors (Lipinski definition) is 3. The molecule has 0 aromatic heterocycles. The summed E-state index contributed by atoms with van der Waals surface area (Å²) in [6, 6.07) is 0. The number of carboxylic acids is 3. The maximum atomic E-state index is 11.0. The molecular formula is C39H74NO6+. The first-order chi connectivity index (χ1) is 22.3. The number of unbranched alkanes of at least 4 members (excludes halogenated alkanes) is 21. The first-order valence-corrected chi connectivity index (χ1v) is 19.5. The highest BCUT2D eigenvalue weighted by Gasteiger charge is 2.26. The van der Waals surface area contributed by atoms with Crippen LogP contribution in [-0.4, -0.2) is 63.9 Å². The van der Waals surface area contributed by atoms with Crippen LogP contribution in [0.1, 0.15) is 193 Å². The topological polar surface area (TPSA) is 112 Å². The van der Waals surface area contributed by atoms with Crippen molar-refractivity contribution in [3.05, 3.63) is 12.2 Å². The molecule has 0 radical (unpaired) electrons. The molecule has 0 aromatic carbocycles. The van der Waals surface area contributed by atoms with E-state index in [0.29, 0.717) is 19.3 Å². The predicted octanol–water partition coefficient (Wildman–Crippen LogP) is 10.9. The average molecular weight is 653 g/mol. The summed E-state index contributed by atoms with van der Waals surface area (Å²) >= 11 is 0. The number of quaternary nitrogens is 1. The molecule has 0 aliphatic rings. The minimum absolute atomic E-state index is 0.176. The van der Waals surface area contributed by atoms with Crippen molar-refractivity contribution in [2.45, 2.75) is 193 Å². The van der Waals surface area contributed by atoms with E-state index in [9.17, 15) is 14.4 Å². The molecular weight excluding hydrogens is 578 g/mol. The number of aliphatic carboxylic acids is 3. The van der Waals surface area contributed by atoms with Gasteiger partial charge in [0, 0.05) is 19.3 Å². The van der Waals surface area contributed by atoms with Crippen LogP contribution in [0.3, 0.4) is 0 Å². The number of hydrogen-bond acceptors (Lipinski definition) is 3. The van der Waals surface area contributed by atoms with Gasteiger partial charge in [-0.25, -0.2) is 0 Å². The maximum Gasteiger partial charge on any atom is 0.303 e. The molecule has 0 heterocycles. The van der Waals surface area contributed by atoms with Crippen LogP contribution in [0.2, 0.25) is 0 Å². The van der Waals surface area contributed by atoms with E-state index in [0.717, 1.165) is 56.3 Å². The van der Waals surface area contributed by atoms with E-state index in [1.807, 2.05) is 0 Å². The van der Waals surface area contributed by atoms with E-state index in [2.05, 4.69) is 19.1 Å². The molecule has 0 unspecified atom stereocenters. The molecule has 0 saturated carbocycles. The molecule has 0 amide bonds. The molecule has 7 nitrogen and oxygen atoms in total. The van der Waals surface area contributed by atoms with Gasteiger partial charge in [-0.1, -0.05) is 115 Å². The fraction of sp³-hybridized carbons (Fsp3) is 0.872. The first-order valence-electron chi connectivity index (χ1n) is 19.5. The molecule has 0 bridgehead atoms. The van der Waals surface area contributed by atoms with E-state index in [1.165, 1.54) is 122 Å². The van der Waals surface area contributed by atoms with Gasteiger partial charge >= 0.3 is 17.9 Å². The van der Waals surface area contributed by atoms with Crippen LogP contribution in [-0.2, 0) is 14.4 Å². The highest BCUT2D eigenvalue weighted by atomic mass is 16.4. The highest BCUT2D eigenvalue weighted by Crippen LogP contribution is 2.20. The third kappa shape index (κ3) is 32.1. The quantitative estimate of drug-likeness (QED) is 0.0350. The van der Waals surface area contributed by atoms with Gasteiger partial charge in [0.15, 0.2) is 0 Å². The lowest BCUT2D eigenvalue weighted by Crippen LogP contribution is -2.51. The summed E-state index contributed by atoms with van der Waals surface area (Å²) in [6.45, 7) is 5.93. The van der Waals surface area contributed by atoms with Gasteiger partial charge in [0.05, 0.1) is 26.2 Å². The maximum absolute atomic E-state index is 11.0. The van der Waals surface area contributed by atoms with Crippen molar-refractivity contribution >= 4 is 17.9 Å². The summed E-state index contributed by atoms with van der Waals surface area (Å²) in [5.41, 5.74) is 0. The molecule has 0 saturated heterocycles. The SMILES string of the molecule is CCC/C=C/CCCCCCCCCCCCCCCCCCC[N+](CCCCC(=O)O)(CCCCC(=O)O)CCCCC(=O)O. The molecule has 46 heavy (non-hydrogen) atoms. The van der Waals surface area contributed by atoms with Gasteiger partial charge in [0.1, 0.15) is 0 Å². The van der Waals surface area contributed by atoms with Crippen LogP contribution >= 0.6 is 0 Å². The second kappa shape index (κ2) is 33.0. The lowest BCUT2D eigenvalue weighted by atomic mass is 10.0. The molecule has 0 aromatic rings. The molecule has 0 fully saturated rings. The number of carboxylic acid groups (broad SMARTS) is 3. The number of nitrogens with zero attached hydrogens (tertiary/aromatic N) is 1. The highest BCUT2D eigenvalue weighted by molar-refractivity contribution is 5.67. The molecule has 7 heteroatoms. The van der Waals surface area contributed by atoms with Crippen molar-refractivity contribution in [2.24, 2.45) is 0 Å². The van der Waals surface area contributed by atoms with Crippen LogP contribution in [0.4, 0.5) is 0 Å². The summed E-state index contributed by atoms with van der Waals surface area (Å²) in [5, 5.41) is 27.2. The Labute approximate surface area is 283 Å². The fourth-order valence-electron chi connectivity index (χ4n) is 6.60. The largest absolute Gasteiger partial charge is 0.481 e. The Hall–Kier alpha value is -1.89. The van der Waals surface area contributed by atoms with E-state index in [4.69, 9.17) is 15.3 Å². The minimum atomic E-state index is -0.765. The van der Waals surface area contributed by atoms with Crippen molar-refractivity contribution in [1.82, 2.24) is 0 Å². The van der Waals surface area contributed by atoms with Crippen molar-refractivity contribution in [3.8, 4) is 0 Å². The van der Waals surface area contributed by atoms with Gasteiger partial charge in [-0.05, 0) is 70.6 Å². The van der Waals surface area contributed by atoms with E-state index in [-0.39, 0.29) is 19.3 Å². The van der Waals surface area contributed by atoms with Crippen LogP contribution < -0.4 is 0 Å². The summed E-state index contributed by atoms with van der Waals surface area (Å²) < 4.78 is 0.871. The smallest absolute Gasteiger partial charge is 0.303 e. The molecule has 0 aliphatic carbocycles. The zero-order valence-corrected chi connectivity index (χ0v) is 30.0. The van der Waals surface area contributed by atoms with Gasteiger partial charge in [0.2, 0.25) is 0 Å². The Bertz CT molecular complexity index is 698.